The van der Waals surface area contributed by atoms with Crippen LogP contribution in [0.2, 0.25) is 0 Å². The van der Waals surface area contributed by atoms with E-state index in [0.29, 0.717) is 12.1 Å². The van der Waals surface area contributed by atoms with Gasteiger partial charge < -0.3 is 10.5 Å². The van der Waals surface area contributed by atoms with Crippen LogP contribution in [0.15, 0.2) is 24.3 Å². The maximum absolute atomic E-state index is 6.29. The van der Waals surface area contributed by atoms with E-state index in [0.717, 1.165) is 32.5 Å². The third-order valence-corrected chi connectivity index (χ3v) is 4.28. The number of nitrogens with two attached hydrogens (primary N) is 1. The Morgan fingerprint density at radius 1 is 1.30 bits per heavy atom. The first kappa shape index (κ1) is 15.5. The zero-order chi connectivity index (χ0) is 14.5. The van der Waals surface area contributed by atoms with Crippen LogP contribution >= 0.6 is 0 Å². The number of rotatable bonds is 5. The second-order valence-electron chi connectivity index (χ2n) is 5.85. The topological polar surface area (TPSA) is 38.5 Å². The Bertz CT molecular complexity index is 411. The maximum atomic E-state index is 6.29. The van der Waals surface area contributed by atoms with Crippen molar-refractivity contribution in [3.8, 4) is 0 Å². The van der Waals surface area contributed by atoms with Crippen molar-refractivity contribution in [1.82, 2.24) is 4.90 Å². The van der Waals surface area contributed by atoms with Crippen LogP contribution in [0.4, 0.5) is 0 Å². The van der Waals surface area contributed by atoms with Gasteiger partial charge in [-0.3, -0.25) is 4.90 Å². The second-order valence-corrected chi connectivity index (χ2v) is 5.85. The van der Waals surface area contributed by atoms with Crippen LogP contribution in [-0.2, 0) is 4.74 Å². The Hall–Kier alpha value is -0.900. The van der Waals surface area contributed by atoms with E-state index in [1.54, 1.807) is 0 Å². The lowest BCUT2D eigenvalue weighted by atomic mass is 9.93. The summed E-state index contributed by atoms with van der Waals surface area (Å²) in [6.07, 6.45) is 2.66. The molecule has 0 aliphatic carbocycles. The van der Waals surface area contributed by atoms with Gasteiger partial charge >= 0.3 is 0 Å². The lowest BCUT2D eigenvalue weighted by Crippen LogP contribution is -2.45. The van der Waals surface area contributed by atoms with Crippen LogP contribution in [0.1, 0.15) is 43.9 Å². The van der Waals surface area contributed by atoms with Crippen LogP contribution in [0.3, 0.4) is 0 Å². The molecule has 3 nitrogen and oxygen atoms in total. The van der Waals surface area contributed by atoms with Crippen molar-refractivity contribution in [2.24, 2.45) is 5.73 Å². The molecule has 2 rings (SSSR count). The fourth-order valence-corrected chi connectivity index (χ4v) is 3.29. The molecule has 1 fully saturated rings. The molecule has 1 aromatic rings. The van der Waals surface area contributed by atoms with Gasteiger partial charge in [0.05, 0.1) is 6.10 Å². The molecule has 1 heterocycles. The quantitative estimate of drug-likeness (QED) is 0.898. The summed E-state index contributed by atoms with van der Waals surface area (Å²) >= 11 is 0. The minimum Gasteiger partial charge on any atom is -0.378 e. The summed E-state index contributed by atoms with van der Waals surface area (Å²) < 4.78 is 5.74. The molecule has 1 aliphatic rings. The first-order valence-electron chi connectivity index (χ1n) is 7.80. The van der Waals surface area contributed by atoms with Crippen molar-refractivity contribution in [3.63, 3.8) is 0 Å². The molecule has 20 heavy (non-hydrogen) atoms. The predicted octanol–water partition coefficient (Wildman–Crippen LogP) is 2.88. The van der Waals surface area contributed by atoms with Crippen molar-refractivity contribution < 1.29 is 4.74 Å². The summed E-state index contributed by atoms with van der Waals surface area (Å²) in [4.78, 5) is 2.53. The number of aryl methyl sites for hydroxylation is 1. The lowest BCUT2D eigenvalue weighted by molar-refractivity contribution is 0.00112. The zero-order valence-electron chi connectivity index (χ0n) is 13.0. The summed E-state index contributed by atoms with van der Waals surface area (Å²) in [7, 11) is 0. The Morgan fingerprint density at radius 3 is 2.50 bits per heavy atom. The normalized spacial score (nSPS) is 20.8. The van der Waals surface area contributed by atoms with E-state index in [2.05, 4.69) is 49.9 Å². The average Bonchev–Trinajstić information content (AvgIpc) is 2.43. The van der Waals surface area contributed by atoms with Crippen LogP contribution < -0.4 is 5.73 Å². The minimum absolute atomic E-state index is 0.139. The monoisotopic (exact) mass is 276 g/mol. The number of piperidine rings is 1. The van der Waals surface area contributed by atoms with Gasteiger partial charge in [0.1, 0.15) is 0 Å². The molecule has 0 radical (unpaired) electrons. The third-order valence-electron chi connectivity index (χ3n) is 4.28. The van der Waals surface area contributed by atoms with Crippen LogP contribution in [0.25, 0.3) is 0 Å². The number of hydrogen-bond acceptors (Lipinski definition) is 3. The van der Waals surface area contributed by atoms with E-state index in [4.69, 9.17) is 10.5 Å². The standard InChI is InChI=1S/C17H28N2O/c1-4-20-15-9-11-19(12-10-15)17(14(3)18)16-8-6-5-7-13(16)2/h5-8,14-15,17H,4,9-12,18H2,1-3H3. The van der Waals surface area contributed by atoms with Crippen LogP contribution in [0.5, 0.6) is 0 Å². The molecule has 1 saturated heterocycles. The van der Waals surface area contributed by atoms with Gasteiger partial charge in [0.25, 0.3) is 0 Å². The molecule has 1 aliphatic heterocycles. The Balaban J connectivity index is 2.09. The minimum atomic E-state index is 0.139. The van der Waals surface area contributed by atoms with E-state index in [-0.39, 0.29) is 6.04 Å². The molecule has 0 amide bonds. The summed E-state index contributed by atoms with van der Waals surface area (Å²) in [5.74, 6) is 0. The molecular weight excluding hydrogens is 248 g/mol. The fourth-order valence-electron chi connectivity index (χ4n) is 3.29. The second kappa shape index (κ2) is 7.21. The first-order chi connectivity index (χ1) is 9.63. The predicted molar refractivity (Wildman–Crippen MR) is 83.8 cm³/mol. The smallest absolute Gasteiger partial charge is 0.0599 e. The van der Waals surface area contributed by atoms with Gasteiger partial charge in [-0.1, -0.05) is 24.3 Å². The Kier molecular flexibility index (Phi) is 5.58. The molecule has 0 saturated carbocycles. The number of likely N-dealkylation sites (tertiary alicyclic amines) is 1. The van der Waals surface area contributed by atoms with Crippen molar-refractivity contribution >= 4 is 0 Å². The van der Waals surface area contributed by atoms with Gasteiger partial charge in [-0.25, -0.2) is 0 Å². The van der Waals surface area contributed by atoms with Crippen molar-refractivity contribution in [2.75, 3.05) is 19.7 Å². The average molecular weight is 276 g/mol. The highest BCUT2D eigenvalue weighted by atomic mass is 16.5. The first-order valence-corrected chi connectivity index (χ1v) is 7.80. The highest BCUT2D eigenvalue weighted by Crippen LogP contribution is 2.29. The van der Waals surface area contributed by atoms with Crippen molar-refractivity contribution in [2.45, 2.75) is 51.8 Å². The van der Waals surface area contributed by atoms with Gasteiger partial charge in [-0.2, -0.15) is 0 Å². The fraction of sp³-hybridized carbons (Fsp3) is 0.647. The van der Waals surface area contributed by atoms with E-state index >= 15 is 0 Å². The molecule has 2 atom stereocenters. The van der Waals surface area contributed by atoms with Crippen molar-refractivity contribution in [1.29, 1.82) is 0 Å². The molecule has 1 aromatic carbocycles. The third kappa shape index (κ3) is 3.60. The molecule has 2 unspecified atom stereocenters. The van der Waals surface area contributed by atoms with Gasteiger partial charge in [0.15, 0.2) is 0 Å². The largest absolute Gasteiger partial charge is 0.378 e. The Morgan fingerprint density at radius 2 is 1.95 bits per heavy atom. The zero-order valence-corrected chi connectivity index (χ0v) is 13.0. The number of hydrogen-bond donors (Lipinski definition) is 1. The van der Waals surface area contributed by atoms with Crippen LogP contribution in [0, 0.1) is 6.92 Å². The van der Waals surface area contributed by atoms with Gasteiger partial charge in [0.2, 0.25) is 0 Å². The summed E-state index contributed by atoms with van der Waals surface area (Å²) in [6, 6.07) is 9.07. The molecule has 3 heteroatoms. The molecule has 0 bridgehead atoms. The number of benzene rings is 1. The number of ether oxygens (including phenoxy) is 1. The maximum Gasteiger partial charge on any atom is 0.0599 e. The van der Waals surface area contributed by atoms with E-state index in [9.17, 15) is 0 Å². The molecule has 0 aromatic heterocycles. The van der Waals surface area contributed by atoms with E-state index in [1.807, 2.05) is 0 Å². The van der Waals surface area contributed by atoms with Gasteiger partial charge in [-0.05, 0) is 44.7 Å². The summed E-state index contributed by atoms with van der Waals surface area (Å²) in [5, 5.41) is 0. The highest BCUT2D eigenvalue weighted by Gasteiger charge is 2.29. The Labute approximate surface area is 123 Å². The summed E-state index contributed by atoms with van der Waals surface area (Å²) in [5.41, 5.74) is 9.00. The van der Waals surface area contributed by atoms with E-state index < -0.39 is 0 Å². The molecule has 112 valence electrons. The van der Waals surface area contributed by atoms with Gasteiger partial charge in [-0.15, -0.1) is 0 Å². The van der Waals surface area contributed by atoms with E-state index in [1.165, 1.54) is 11.1 Å². The van der Waals surface area contributed by atoms with Crippen LogP contribution in [-0.4, -0.2) is 36.7 Å². The lowest BCUT2D eigenvalue weighted by Gasteiger charge is -2.40. The molecular formula is C17H28N2O. The molecule has 0 spiro atoms. The van der Waals surface area contributed by atoms with Gasteiger partial charge in [0, 0.05) is 31.8 Å². The SMILES string of the molecule is CCOC1CCN(C(c2ccccc2C)C(C)N)CC1. The van der Waals surface area contributed by atoms with Crippen molar-refractivity contribution in [3.05, 3.63) is 35.4 Å². The summed E-state index contributed by atoms with van der Waals surface area (Å²) in [6.45, 7) is 9.34. The highest BCUT2D eigenvalue weighted by molar-refractivity contribution is 5.30. The number of nitrogens with zero attached hydrogens (tertiary/aromatic N) is 1. The molecule has 2 N–H and O–H groups in total.